The first-order valence-corrected chi connectivity index (χ1v) is 9.50. The molecule has 2 fully saturated rings. The Morgan fingerprint density at radius 3 is 2.44 bits per heavy atom. The van der Waals surface area contributed by atoms with Crippen molar-refractivity contribution in [3.8, 4) is 0 Å². The number of carbonyl (C=O) groups excluding carboxylic acids is 4. The topological polar surface area (TPSA) is 96.5 Å². The third-order valence-electron chi connectivity index (χ3n) is 5.92. The highest BCUT2D eigenvalue weighted by molar-refractivity contribution is 6.12. The van der Waals surface area contributed by atoms with E-state index in [1.165, 1.54) is 0 Å². The Hall–Kier alpha value is -2.44. The number of H-pyrrole nitrogens is 1. The Balaban J connectivity index is 1.88. The summed E-state index contributed by atoms with van der Waals surface area (Å²) >= 11 is 0. The third kappa shape index (κ3) is 2.99. The molecule has 2 amide bonds. The molecule has 3 rings (SSSR count). The molecule has 1 N–H and O–H groups in total. The van der Waals surface area contributed by atoms with Crippen LogP contribution in [-0.2, 0) is 14.3 Å². The minimum Gasteiger partial charge on any atom is -0.462 e. The van der Waals surface area contributed by atoms with E-state index in [2.05, 4.69) is 4.98 Å². The summed E-state index contributed by atoms with van der Waals surface area (Å²) < 4.78 is 5.05. The molecule has 0 bridgehead atoms. The largest absolute Gasteiger partial charge is 0.462 e. The number of imide groups is 1. The van der Waals surface area contributed by atoms with Crippen molar-refractivity contribution in [2.75, 3.05) is 6.61 Å². The van der Waals surface area contributed by atoms with Crippen LogP contribution in [-0.4, -0.2) is 46.1 Å². The summed E-state index contributed by atoms with van der Waals surface area (Å²) in [6.07, 6.45) is 3.49. The molecule has 7 heteroatoms. The monoisotopic (exact) mass is 374 g/mol. The molecular formula is C20H26N2O5. The molecule has 0 aromatic carbocycles. The van der Waals surface area contributed by atoms with E-state index in [-0.39, 0.29) is 36.3 Å². The number of aromatic amines is 1. The van der Waals surface area contributed by atoms with Crippen LogP contribution in [0.5, 0.6) is 0 Å². The standard InChI is InChI=1S/C20H26N2O5/c1-5-27-18(25)15-11(2)16(21-12(15)3)17(24)13(4)22-14(23)10-20(19(22)26)8-6-7-9-20/h13,21H,5-10H2,1-4H3. The number of ether oxygens (including phenoxy) is 1. The van der Waals surface area contributed by atoms with Crippen LogP contribution in [0.15, 0.2) is 0 Å². The number of aromatic nitrogens is 1. The van der Waals surface area contributed by atoms with Crippen molar-refractivity contribution >= 4 is 23.6 Å². The van der Waals surface area contributed by atoms with Gasteiger partial charge in [0.05, 0.1) is 23.3 Å². The lowest BCUT2D eigenvalue weighted by Gasteiger charge is -2.25. The number of hydrogen-bond donors (Lipinski definition) is 1. The molecule has 146 valence electrons. The predicted octanol–water partition coefficient (Wildman–Crippen LogP) is 2.70. The molecule has 2 aliphatic rings. The van der Waals surface area contributed by atoms with E-state index in [1.54, 1.807) is 27.7 Å². The predicted molar refractivity (Wildman–Crippen MR) is 97.4 cm³/mol. The summed E-state index contributed by atoms with van der Waals surface area (Å²) in [6, 6.07) is -0.906. The number of rotatable bonds is 5. The highest BCUT2D eigenvalue weighted by Gasteiger charge is 2.54. The van der Waals surface area contributed by atoms with Crippen molar-refractivity contribution in [1.82, 2.24) is 9.88 Å². The Labute approximate surface area is 158 Å². The molecule has 2 heterocycles. The van der Waals surface area contributed by atoms with Gasteiger partial charge in [-0.05, 0) is 46.1 Å². The van der Waals surface area contributed by atoms with Crippen molar-refractivity contribution in [3.63, 3.8) is 0 Å². The van der Waals surface area contributed by atoms with Crippen LogP contribution in [0.4, 0.5) is 0 Å². The third-order valence-corrected chi connectivity index (χ3v) is 5.92. The minimum atomic E-state index is -0.906. The number of nitrogens with zero attached hydrogens (tertiary/aromatic N) is 1. The van der Waals surface area contributed by atoms with Crippen LogP contribution in [0.2, 0.25) is 0 Å². The van der Waals surface area contributed by atoms with Gasteiger partial charge < -0.3 is 9.72 Å². The molecule has 27 heavy (non-hydrogen) atoms. The average molecular weight is 374 g/mol. The number of aryl methyl sites for hydroxylation is 1. The first kappa shape index (κ1) is 19.3. The quantitative estimate of drug-likeness (QED) is 0.486. The maximum absolute atomic E-state index is 13.1. The Morgan fingerprint density at radius 1 is 1.22 bits per heavy atom. The number of nitrogens with one attached hydrogen (secondary N) is 1. The van der Waals surface area contributed by atoms with Crippen molar-refractivity contribution in [3.05, 3.63) is 22.5 Å². The Bertz CT molecular complexity index is 817. The maximum Gasteiger partial charge on any atom is 0.340 e. The van der Waals surface area contributed by atoms with Crippen LogP contribution >= 0.6 is 0 Å². The maximum atomic E-state index is 13.1. The average Bonchev–Trinajstić information content (AvgIpc) is 3.25. The van der Waals surface area contributed by atoms with Gasteiger partial charge in [-0.1, -0.05) is 12.8 Å². The van der Waals surface area contributed by atoms with Gasteiger partial charge in [0.25, 0.3) is 0 Å². The fraction of sp³-hybridized carbons (Fsp3) is 0.600. The second-order valence-corrected chi connectivity index (χ2v) is 7.62. The van der Waals surface area contributed by atoms with E-state index in [1.807, 2.05) is 0 Å². The Kier molecular flexibility index (Phi) is 4.97. The van der Waals surface area contributed by atoms with Gasteiger partial charge in [0, 0.05) is 12.1 Å². The fourth-order valence-corrected chi connectivity index (χ4v) is 4.49. The minimum absolute atomic E-state index is 0.195. The van der Waals surface area contributed by atoms with Crippen LogP contribution in [0.3, 0.4) is 0 Å². The molecule has 1 aliphatic heterocycles. The lowest BCUT2D eigenvalue weighted by molar-refractivity contribution is -0.142. The zero-order valence-electron chi connectivity index (χ0n) is 16.3. The second-order valence-electron chi connectivity index (χ2n) is 7.62. The second kappa shape index (κ2) is 6.94. The van der Waals surface area contributed by atoms with Crippen molar-refractivity contribution < 1.29 is 23.9 Å². The fourth-order valence-electron chi connectivity index (χ4n) is 4.49. The summed E-state index contributed by atoms with van der Waals surface area (Å²) in [5, 5.41) is 0. The number of carbonyl (C=O) groups is 4. The summed E-state index contributed by atoms with van der Waals surface area (Å²) in [7, 11) is 0. The summed E-state index contributed by atoms with van der Waals surface area (Å²) in [4.78, 5) is 54.8. The number of likely N-dealkylation sites (tertiary alicyclic amines) is 1. The lowest BCUT2D eigenvalue weighted by atomic mass is 9.84. The molecule has 1 spiro atoms. The summed E-state index contributed by atoms with van der Waals surface area (Å²) in [6.45, 7) is 6.89. The molecule has 0 radical (unpaired) electrons. The van der Waals surface area contributed by atoms with Gasteiger partial charge in [0.15, 0.2) is 0 Å². The van der Waals surface area contributed by atoms with E-state index in [0.717, 1.165) is 17.7 Å². The van der Waals surface area contributed by atoms with E-state index < -0.39 is 17.4 Å². The molecule has 7 nitrogen and oxygen atoms in total. The molecule has 1 saturated heterocycles. The molecule has 1 atom stereocenters. The van der Waals surface area contributed by atoms with Crippen LogP contribution in [0, 0.1) is 19.3 Å². The van der Waals surface area contributed by atoms with Gasteiger partial charge in [0.1, 0.15) is 6.04 Å². The van der Waals surface area contributed by atoms with Crippen LogP contribution in [0.25, 0.3) is 0 Å². The van der Waals surface area contributed by atoms with Crippen LogP contribution < -0.4 is 0 Å². The summed E-state index contributed by atoms with van der Waals surface area (Å²) in [5.74, 6) is -1.37. The highest BCUT2D eigenvalue weighted by Crippen LogP contribution is 2.47. The smallest absolute Gasteiger partial charge is 0.340 e. The van der Waals surface area contributed by atoms with Gasteiger partial charge in [-0.3, -0.25) is 19.3 Å². The number of hydrogen-bond acceptors (Lipinski definition) is 5. The van der Waals surface area contributed by atoms with Gasteiger partial charge in [0.2, 0.25) is 17.6 Å². The van der Waals surface area contributed by atoms with Crippen molar-refractivity contribution in [2.45, 2.75) is 65.8 Å². The van der Waals surface area contributed by atoms with Gasteiger partial charge in [-0.2, -0.15) is 0 Å². The van der Waals surface area contributed by atoms with Crippen molar-refractivity contribution in [1.29, 1.82) is 0 Å². The number of Topliss-reactive ketones (excluding diaryl/α,β-unsaturated/α-hetero) is 1. The SMILES string of the molecule is CCOC(=O)c1c(C)[nH]c(C(=O)C(C)N2C(=O)CC3(CCCC3)C2=O)c1C. The molecular weight excluding hydrogens is 348 g/mol. The van der Waals surface area contributed by atoms with E-state index in [9.17, 15) is 19.2 Å². The highest BCUT2D eigenvalue weighted by atomic mass is 16.5. The van der Waals surface area contributed by atoms with Crippen molar-refractivity contribution in [2.24, 2.45) is 5.41 Å². The van der Waals surface area contributed by atoms with Gasteiger partial charge in [-0.25, -0.2) is 4.79 Å². The molecule has 1 aliphatic carbocycles. The number of esters is 1. The van der Waals surface area contributed by atoms with E-state index in [0.29, 0.717) is 29.7 Å². The Morgan fingerprint density at radius 2 is 1.85 bits per heavy atom. The van der Waals surface area contributed by atoms with E-state index >= 15 is 0 Å². The summed E-state index contributed by atoms with van der Waals surface area (Å²) in [5.41, 5.74) is 0.989. The van der Waals surface area contributed by atoms with E-state index in [4.69, 9.17) is 4.74 Å². The van der Waals surface area contributed by atoms with Crippen LogP contribution in [0.1, 0.15) is 78.1 Å². The molecule has 1 aromatic rings. The van der Waals surface area contributed by atoms with Gasteiger partial charge in [-0.15, -0.1) is 0 Å². The molecule has 1 aromatic heterocycles. The molecule has 1 unspecified atom stereocenters. The first-order valence-electron chi connectivity index (χ1n) is 9.50. The lowest BCUT2D eigenvalue weighted by Crippen LogP contribution is -2.45. The first-order chi connectivity index (χ1) is 12.7. The zero-order chi connectivity index (χ0) is 19.9. The number of ketones is 1. The van der Waals surface area contributed by atoms with Gasteiger partial charge >= 0.3 is 5.97 Å². The normalized spacial score (nSPS) is 19.8. The number of amides is 2. The molecule has 1 saturated carbocycles. The zero-order valence-corrected chi connectivity index (χ0v) is 16.3.